The third-order valence-corrected chi connectivity index (χ3v) is 4.81. The molecule has 0 saturated carbocycles. The number of fused-ring (bicyclic) bond motifs is 1. The summed E-state index contributed by atoms with van der Waals surface area (Å²) in [7, 11) is -1.83. The SMILES string of the molecule is Cn1cc(NS(=O)(=O)c2cccc3c2CCNC3)cn1. The standard InChI is InChI=1S/C13H16N4O2S/c1-17-9-11(8-15-17)16-20(18,19)13-4-2-3-10-7-14-6-5-12(10)13/h2-4,8-9,14,16H,5-7H2,1H3. The number of nitrogens with zero attached hydrogens (tertiary/aromatic N) is 2. The molecule has 7 heteroatoms. The van der Waals surface area contributed by atoms with Crippen LogP contribution in [0.1, 0.15) is 11.1 Å². The second-order valence-electron chi connectivity index (χ2n) is 4.83. The van der Waals surface area contributed by atoms with Crippen molar-refractivity contribution in [2.24, 2.45) is 7.05 Å². The van der Waals surface area contributed by atoms with Gasteiger partial charge in [-0.1, -0.05) is 12.1 Å². The van der Waals surface area contributed by atoms with Crippen LogP contribution in [-0.2, 0) is 30.0 Å². The number of anilines is 1. The molecule has 0 aliphatic carbocycles. The summed E-state index contributed by atoms with van der Waals surface area (Å²) in [6.45, 7) is 1.51. The summed E-state index contributed by atoms with van der Waals surface area (Å²) in [6, 6.07) is 5.40. The quantitative estimate of drug-likeness (QED) is 0.880. The third kappa shape index (κ3) is 2.41. The minimum atomic E-state index is -3.57. The van der Waals surface area contributed by atoms with Crippen LogP contribution in [0.15, 0.2) is 35.5 Å². The van der Waals surface area contributed by atoms with Crippen LogP contribution in [0, 0.1) is 0 Å². The number of hydrogen-bond acceptors (Lipinski definition) is 4. The van der Waals surface area contributed by atoms with Crippen LogP contribution in [0.25, 0.3) is 0 Å². The van der Waals surface area contributed by atoms with Crippen LogP contribution in [0.4, 0.5) is 5.69 Å². The lowest BCUT2D eigenvalue weighted by Gasteiger charge is -2.20. The molecular weight excluding hydrogens is 276 g/mol. The molecular formula is C13H16N4O2S. The zero-order valence-electron chi connectivity index (χ0n) is 11.1. The number of hydrogen-bond donors (Lipinski definition) is 2. The molecule has 6 nitrogen and oxygen atoms in total. The molecule has 0 spiro atoms. The van der Waals surface area contributed by atoms with Crippen molar-refractivity contribution in [3.63, 3.8) is 0 Å². The van der Waals surface area contributed by atoms with E-state index in [0.717, 1.165) is 24.1 Å². The van der Waals surface area contributed by atoms with Crippen LogP contribution < -0.4 is 10.0 Å². The van der Waals surface area contributed by atoms with Crippen molar-refractivity contribution in [2.45, 2.75) is 17.9 Å². The Morgan fingerprint density at radius 3 is 3.00 bits per heavy atom. The molecule has 0 fully saturated rings. The van der Waals surface area contributed by atoms with Gasteiger partial charge in [-0.3, -0.25) is 9.40 Å². The first-order valence-corrected chi connectivity index (χ1v) is 7.87. The predicted molar refractivity (Wildman–Crippen MR) is 75.9 cm³/mol. The Hall–Kier alpha value is -1.86. The van der Waals surface area contributed by atoms with Gasteiger partial charge >= 0.3 is 0 Å². The van der Waals surface area contributed by atoms with Gasteiger partial charge in [0.15, 0.2) is 0 Å². The maximum atomic E-state index is 12.5. The van der Waals surface area contributed by atoms with Gasteiger partial charge in [-0.15, -0.1) is 0 Å². The molecule has 2 heterocycles. The molecule has 3 rings (SSSR count). The number of sulfonamides is 1. The van der Waals surface area contributed by atoms with E-state index in [1.807, 2.05) is 6.07 Å². The van der Waals surface area contributed by atoms with E-state index in [4.69, 9.17) is 0 Å². The zero-order chi connectivity index (χ0) is 14.2. The fourth-order valence-corrected chi connectivity index (χ4v) is 3.77. The van der Waals surface area contributed by atoms with Crippen molar-refractivity contribution in [2.75, 3.05) is 11.3 Å². The molecule has 20 heavy (non-hydrogen) atoms. The summed E-state index contributed by atoms with van der Waals surface area (Å²) in [5.41, 5.74) is 2.42. The van der Waals surface area contributed by atoms with Crippen molar-refractivity contribution in [3.8, 4) is 0 Å². The number of aryl methyl sites for hydroxylation is 1. The summed E-state index contributed by atoms with van der Waals surface area (Å²) in [5.74, 6) is 0. The predicted octanol–water partition coefficient (Wildman–Crippen LogP) is 0.867. The van der Waals surface area contributed by atoms with Crippen LogP contribution in [0.2, 0.25) is 0 Å². The molecule has 0 unspecified atom stereocenters. The highest BCUT2D eigenvalue weighted by atomic mass is 32.2. The highest BCUT2D eigenvalue weighted by molar-refractivity contribution is 7.92. The molecule has 0 bridgehead atoms. The Labute approximate surface area is 117 Å². The van der Waals surface area contributed by atoms with Crippen LogP contribution in [-0.4, -0.2) is 24.7 Å². The molecule has 0 saturated heterocycles. The normalized spacial score (nSPS) is 14.8. The van der Waals surface area contributed by atoms with Gasteiger partial charge in [-0.05, 0) is 30.2 Å². The van der Waals surface area contributed by atoms with Gasteiger partial charge < -0.3 is 5.32 Å². The molecule has 0 radical (unpaired) electrons. The topological polar surface area (TPSA) is 76.0 Å². The zero-order valence-corrected chi connectivity index (χ0v) is 11.9. The summed E-state index contributed by atoms with van der Waals surface area (Å²) in [5, 5.41) is 7.21. The lowest BCUT2D eigenvalue weighted by molar-refractivity contribution is 0.594. The summed E-state index contributed by atoms with van der Waals surface area (Å²) in [4.78, 5) is 0.361. The van der Waals surface area contributed by atoms with E-state index in [-0.39, 0.29) is 0 Å². The number of benzene rings is 1. The van der Waals surface area contributed by atoms with E-state index < -0.39 is 10.0 Å². The third-order valence-electron chi connectivity index (χ3n) is 3.34. The minimum Gasteiger partial charge on any atom is -0.312 e. The second kappa shape index (κ2) is 4.92. The fraction of sp³-hybridized carbons (Fsp3) is 0.308. The number of rotatable bonds is 3. The van der Waals surface area contributed by atoms with E-state index in [0.29, 0.717) is 17.1 Å². The highest BCUT2D eigenvalue weighted by Crippen LogP contribution is 2.24. The van der Waals surface area contributed by atoms with Crippen LogP contribution in [0.5, 0.6) is 0 Å². The first-order valence-electron chi connectivity index (χ1n) is 6.39. The molecule has 1 aliphatic rings. The van der Waals surface area contributed by atoms with Crippen molar-refractivity contribution in [1.82, 2.24) is 15.1 Å². The van der Waals surface area contributed by atoms with Gasteiger partial charge in [-0.2, -0.15) is 5.10 Å². The molecule has 1 aromatic carbocycles. The molecule has 2 aromatic rings. The number of nitrogens with one attached hydrogen (secondary N) is 2. The summed E-state index contributed by atoms with van der Waals surface area (Å²) < 4.78 is 29.2. The summed E-state index contributed by atoms with van der Waals surface area (Å²) in [6.07, 6.45) is 3.85. The smallest absolute Gasteiger partial charge is 0.262 e. The van der Waals surface area contributed by atoms with Gasteiger partial charge in [0.2, 0.25) is 0 Å². The molecule has 1 aliphatic heterocycles. The first-order chi connectivity index (χ1) is 9.56. The van der Waals surface area contributed by atoms with Gasteiger partial charge in [-0.25, -0.2) is 8.42 Å². The Morgan fingerprint density at radius 2 is 2.25 bits per heavy atom. The maximum Gasteiger partial charge on any atom is 0.262 e. The van der Waals surface area contributed by atoms with E-state index in [1.165, 1.54) is 6.20 Å². The average Bonchev–Trinajstić information content (AvgIpc) is 2.82. The number of aromatic nitrogens is 2. The monoisotopic (exact) mass is 292 g/mol. The molecule has 1 aromatic heterocycles. The van der Waals surface area contributed by atoms with Crippen molar-refractivity contribution in [3.05, 3.63) is 41.7 Å². The Bertz CT molecular complexity index is 737. The lowest BCUT2D eigenvalue weighted by Crippen LogP contribution is -2.26. The van der Waals surface area contributed by atoms with Crippen LogP contribution in [0.3, 0.4) is 0 Å². The average molecular weight is 292 g/mol. The van der Waals surface area contributed by atoms with Crippen molar-refractivity contribution < 1.29 is 8.42 Å². The maximum absolute atomic E-state index is 12.5. The van der Waals surface area contributed by atoms with Crippen molar-refractivity contribution >= 4 is 15.7 Å². The van der Waals surface area contributed by atoms with Crippen LogP contribution >= 0.6 is 0 Å². The van der Waals surface area contributed by atoms with Crippen molar-refractivity contribution in [1.29, 1.82) is 0 Å². The van der Waals surface area contributed by atoms with Gasteiger partial charge in [0.1, 0.15) is 0 Å². The van der Waals surface area contributed by atoms with Gasteiger partial charge in [0.05, 0.1) is 16.8 Å². The fourth-order valence-electron chi connectivity index (χ4n) is 2.43. The van der Waals surface area contributed by atoms with E-state index in [2.05, 4.69) is 15.1 Å². The summed E-state index contributed by atoms with van der Waals surface area (Å²) >= 11 is 0. The van der Waals surface area contributed by atoms with Gasteiger partial charge in [0, 0.05) is 19.8 Å². The van der Waals surface area contributed by atoms with E-state index in [9.17, 15) is 8.42 Å². The van der Waals surface area contributed by atoms with Gasteiger partial charge in [0.25, 0.3) is 10.0 Å². The Morgan fingerprint density at radius 1 is 1.40 bits per heavy atom. The molecule has 106 valence electrons. The second-order valence-corrected chi connectivity index (χ2v) is 6.48. The lowest BCUT2D eigenvalue weighted by atomic mass is 10.0. The van der Waals surface area contributed by atoms with E-state index in [1.54, 1.807) is 30.1 Å². The highest BCUT2D eigenvalue weighted by Gasteiger charge is 2.22. The Balaban J connectivity index is 1.99. The molecule has 2 N–H and O–H groups in total. The first kappa shape index (κ1) is 13.1. The Kier molecular flexibility index (Phi) is 3.23. The van der Waals surface area contributed by atoms with E-state index >= 15 is 0 Å². The minimum absolute atomic E-state index is 0.361. The molecule has 0 atom stereocenters. The largest absolute Gasteiger partial charge is 0.312 e. The molecule has 0 amide bonds.